The summed E-state index contributed by atoms with van der Waals surface area (Å²) in [6.45, 7) is 8.20. The van der Waals surface area contributed by atoms with E-state index in [1.165, 1.54) is 10.6 Å². The number of hydrogen-bond donors (Lipinski definition) is 2. The average Bonchev–Trinajstić information content (AvgIpc) is 3.63. The van der Waals surface area contributed by atoms with Crippen LogP contribution in [0.25, 0.3) is 0 Å². The zero-order valence-electron chi connectivity index (χ0n) is 32.6. The minimum Gasteiger partial charge on any atom is -0.429 e. The predicted octanol–water partition coefficient (Wildman–Crippen LogP) is 7.54. The van der Waals surface area contributed by atoms with Gasteiger partial charge in [-0.2, -0.15) is 10.2 Å². The van der Waals surface area contributed by atoms with Gasteiger partial charge in [-0.25, -0.2) is 14.3 Å². The first-order valence-corrected chi connectivity index (χ1v) is 20.2. The number of ether oxygens (including phenoxy) is 2. The lowest BCUT2D eigenvalue weighted by Crippen LogP contribution is -2.55. The number of anilines is 1. The maximum absolute atomic E-state index is 14.0. The van der Waals surface area contributed by atoms with Crippen LogP contribution in [0.15, 0.2) is 138 Å². The van der Waals surface area contributed by atoms with Gasteiger partial charge in [0, 0.05) is 30.7 Å². The number of rotatable bonds is 17. The molecule has 0 radical (unpaired) electrons. The van der Waals surface area contributed by atoms with Crippen LogP contribution in [0.4, 0.5) is 5.82 Å². The van der Waals surface area contributed by atoms with Crippen LogP contribution in [-0.2, 0) is 24.1 Å². The Morgan fingerprint density at radius 3 is 1.93 bits per heavy atom. The van der Waals surface area contributed by atoms with Crippen LogP contribution in [0, 0.1) is 11.3 Å². The molecule has 57 heavy (non-hydrogen) atoms. The zero-order chi connectivity index (χ0) is 40.4. The second-order valence-corrected chi connectivity index (χ2v) is 15.6. The van der Waals surface area contributed by atoms with E-state index < -0.39 is 50.4 Å². The molecule has 12 nitrogen and oxygen atoms in total. The summed E-state index contributed by atoms with van der Waals surface area (Å²) in [5, 5.41) is 13.4. The molecule has 0 saturated carbocycles. The van der Waals surface area contributed by atoms with Gasteiger partial charge in [0.05, 0.1) is 30.2 Å². The molecule has 4 aromatic carbocycles. The fraction of sp³-hybridized carbons (Fsp3) is 0.318. The highest BCUT2D eigenvalue weighted by Crippen LogP contribution is 2.49. The maximum atomic E-state index is 14.0. The lowest BCUT2D eigenvalue weighted by Gasteiger charge is -2.42. The summed E-state index contributed by atoms with van der Waals surface area (Å²) >= 11 is 0. The number of nitrogens with one attached hydrogen (secondary N) is 1. The second kappa shape index (κ2) is 19.3. The summed E-state index contributed by atoms with van der Waals surface area (Å²) < 4.78 is 29.9. The van der Waals surface area contributed by atoms with E-state index in [1.807, 2.05) is 88.4 Å². The molecule has 6 rings (SSSR count). The van der Waals surface area contributed by atoms with Gasteiger partial charge in [0.2, 0.25) is 6.29 Å². The molecule has 0 aliphatic carbocycles. The Morgan fingerprint density at radius 2 is 1.44 bits per heavy atom. The van der Waals surface area contributed by atoms with Crippen LogP contribution in [0.3, 0.4) is 0 Å². The van der Waals surface area contributed by atoms with Crippen molar-refractivity contribution in [1.82, 2.24) is 19.5 Å². The van der Waals surface area contributed by atoms with Gasteiger partial charge in [-0.1, -0.05) is 109 Å². The lowest BCUT2D eigenvalue weighted by molar-refractivity contribution is -0.150. The van der Waals surface area contributed by atoms with Gasteiger partial charge in [-0.15, -0.1) is 0 Å². The van der Waals surface area contributed by atoms with E-state index in [9.17, 15) is 14.9 Å². The van der Waals surface area contributed by atoms with E-state index in [0.717, 1.165) is 16.7 Å². The minimum atomic E-state index is -1.93. The van der Waals surface area contributed by atoms with Crippen molar-refractivity contribution in [3.8, 4) is 6.07 Å². The first-order chi connectivity index (χ1) is 27.6. The van der Waals surface area contributed by atoms with E-state index in [1.54, 1.807) is 30.5 Å². The fourth-order valence-electron chi connectivity index (χ4n) is 7.27. The number of aromatic nitrogens is 2. The third-order valence-electron chi connectivity index (χ3n) is 9.71. The van der Waals surface area contributed by atoms with Crippen molar-refractivity contribution in [1.29, 1.82) is 5.26 Å². The van der Waals surface area contributed by atoms with Crippen LogP contribution in [0.5, 0.6) is 0 Å². The molecular weight excluding hydrogens is 739 g/mol. The van der Waals surface area contributed by atoms with Gasteiger partial charge in [0.25, 0.3) is 8.53 Å². The highest BCUT2D eigenvalue weighted by molar-refractivity contribution is 7.44. The molecule has 1 aliphatic heterocycles. The first-order valence-electron chi connectivity index (χ1n) is 19.1. The molecule has 2 unspecified atom stereocenters. The van der Waals surface area contributed by atoms with E-state index in [-0.39, 0.29) is 37.4 Å². The molecule has 296 valence electrons. The van der Waals surface area contributed by atoms with Crippen molar-refractivity contribution in [2.24, 2.45) is 0 Å². The van der Waals surface area contributed by atoms with Crippen molar-refractivity contribution >= 4 is 20.3 Å². The number of esters is 1. The van der Waals surface area contributed by atoms with Crippen LogP contribution in [0.2, 0.25) is 0 Å². The van der Waals surface area contributed by atoms with E-state index in [4.69, 9.17) is 24.3 Å². The summed E-state index contributed by atoms with van der Waals surface area (Å²) in [7, 11) is -1.93. The summed E-state index contributed by atoms with van der Waals surface area (Å²) in [4.78, 5) is 31.4. The number of carbonyl (C=O) groups is 1. The molecule has 1 aliphatic rings. The number of nitriles is 1. The van der Waals surface area contributed by atoms with Gasteiger partial charge < -0.3 is 19.7 Å². The second-order valence-electron chi connectivity index (χ2n) is 14.2. The number of carbonyl (C=O) groups excluding carboxylic acids is 1. The average molecular weight is 789 g/mol. The number of benzene rings is 4. The minimum absolute atomic E-state index is 0.0452. The number of nitrogens with zero attached hydrogens (tertiary/aromatic N) is 4. The predicted molar refractivity (Wildman–Crippen MR) is 220 cm³/mol. The Kier molecular flexibility index (Phi) is 14.0. The van der Waals surface area contributed by atoms with Gasteiger partial charge in [-0.3, -0.25) is 14.4 Å². The number of hydrogen-bond acceptors (Lipinski definition) is 11. The fourth-order valence-corrected chi connectivity index (χ4v) is 8.92. The van der Waals surface area contributed by atoms with Gasteiger partial charge >= 0.3 is 11.7 Å². The van der Waals surface area contributed by atoms with Crippen molar-refractivity contribution in [2.45, 2.75) is 82.8 Å². The highest BCUT2D eigenvalue weighted by Gasteiger charge is 2.50. The summed E-state index contributed by atoms with van der Waals surface area (Å²) in [6, 6.07) is 41.9. The van der Waals surface area contributed by atoms with Crippen molar-refractivity contribution in [3.05, 3.63) is 166 Å². The molecule has 1 saturated heterocycles. The highest BCUT2D eigenvalue weighted by atomic mass is 31.2. The van der Waals surface area contributed by atoms with Gasteiger partial charge in [-0.05, 0) is 62.6 Å². The van der Waals surface area contributed by atoms with Crippen LogP contribution in [-0.4, -0.2) is 57.3 Å². The Hall–Kier alpha value is -5.25. The summed E-state index contributed by atoms with van der Waals surface area (Å²) in [5.74, 6) is -0.553. The molecule has 0 amide bonds. The summed E-state index contributed by atoms with van der Waals surface area (Å²) in [5.41, 5.74) is 7.50. The van der Waals surface area contributed by atoms with Crippen LogP contribution in [0.1, 0.15) is 73.8 Å². The molecule has 0 spiro atoms. The van der Waals surface area contributed by atoms with Crippen molar-refractivity contribution in [3.63, 3.8) is 0 Å². The third kappa shape index (κ3) is 9.66. The molecule has 5 aromatic rings. The van der Waals surface area contributed by atoms with Crippen LogP contribution < -0.4 is 16.7 Å². The Labute approximate surface area is 335 Å². The van der Waals surface area contributed by atoms with Gasteiger partial charge in [0.1, 0.15) is 18.1 Å². The molecule has 3 N–H and O–H groups in total. The normalized spacial score (nSPS) is 18.0. The Balaban J connectivity index is 1.53. The van der Waals surface area contributed by atoms with E-state index in [2.05, 4.69) is 57.4 Å². The molecule has 5 atom stereocenters. The topological polar surface area (TPSA) is 154 Å². The molecule has 2 heterocycles. The first kappa shape index (κ1) is 41.4. The number of nitrogen functional groups attached to an aromatic ring is 1. The van der Waals surface area contributed by atoms with E-state index >= 15 is 0 Å². The zero-order valence-corrected chi connectivity index (χ0v) is 33.4. The Bertz CT molecular complexity index is 2030. The standard InChI is InChI=1S/C44H49N6O6P/c1-31(2)50(32(3)4)57(53-29-17-27-45)56-42(55-41(51)33-18-9-5-10-19-33)40-37(30-39(54-40)49-28-26-38(46)47-43(49)52)48-44(34-20-11-6-12-21-34,35-22-13-7-14-23-35)36-24-15-8-16-25-36/h5-16,18-26,28,31-32,37,39-40,42,48H,17,29-30H2,1-4H3,(H2,46,47,52)/t37-,39+,40-,42?,57?/m0/s1. The largest absolute Gasteiger partial charge is 0.429 e. The van der Waals surface area contributed by atoms with Gasteiger partial charge in [0.15, 0.2) is 0 Å². The molecule has 13 heteroatoms. The maximum Gasteiger partial charge on any atom is 0.351 e. The third-order valence-corrected chi connectivity index (χ3v) is 11.8. The molecule has 0 bridgehead atoms. The molecule has 1 aromatic heterocycles. The van der Waals surface area contributed by atoms with Crippen molar-refractivity contribution in [2.75, 3.05) is 12.3 Å². The quantitative estimate of drug-likeness (QED) is 0.0316. The van der Waals surface area contributed by atoms with Crippen LogP contribution >= 0.6 is 8.53 Å². The monoisotopic (exact) mass is 788 g/mol. The SMILES string of the molecule is CC(C)N(C(C)C)P(OCCC#N)OC(OC(=O)c1ccccc1)[C@H]1O[C@@H](n2ccc(N)nc2=O)C[C@@H]1NC(c1ccccc1)(c1ccccc1)c1ccccc1. The Morgan fingerprint density at radius 1 is 0.912 bits per heavy atom. The van der Waals surface area contributed by atoms with E-state index in [0.29, 0.717) is 5.56 Å². The van der Waals surface area contributed by atoms with Crippen molar-refractivity contribution < 1.29 is 23.3 Å². The number of nitrogens with two attached hydrogens (primary N) is 1. The lowest BCUT2D eigenvalue weighted by atomic mass is 9.76. The molecule has 1 fully saturated rings. The molecular formula is C44H49N6O6P. The smallest absolute Gasteiger partial charge is 0.351 e. The summed E-state index contributed by atoms with van der Waals surface area (Å²) in [6.07, 6.45) is -1.34.